The summed E-state index contributed by atoms with van der Waals surface area (Å²) in [6, 6.07) is -0.0156. The average molecular weight is 350 g/mol. The van der Waals surface area contributed by atoms with Crippen molar-refractivity contribution in [3.8, 4) is 0 Å². The number of fused-ring (bicyclic) bond motifs is 1. The number of nitrogens with zero attached hydrogens (tertiary/aromatic N) is 1. The molecular formula is C18H26N2O5. The maximum Gasteiger partial charge on any atom is 0.355 e. The second-order valence-electron chi connectivity index (χ2n) is 6.84. The molecule has 7 heteroatoms. The van der Waals surface area contributed by atoms with Crippen molar-refractivity contribution in [1.82, 2.24) is 9.88 Å². The predicted octanol–water partition coefficient (Wildman–Crippen LogP) is 1.42. The molecule has 1 saturated carbocycles. The van der Waals surface area contributed by atoms with Gasteiger partial charge in [-0.1, -0.05) is 0 Å². The minimum Gasteiger partial charge on any atom is -0.461 e. The van der Waals surface area contributed by atoms with Crippen LogP contribution in [0.2, 0.25) is 0 Å². The third-order valence-electron chi connectivity index (χ3n) is 5.28. The van der Waals surface area contributed by atoms with Crippen LogP contribution in [0.4, 0.5) is 0 Å². The van der Waals surface area contributed by atoms with Gasteiger partial charge in [-0.05, 0) is 45.1 Å². The highest BCUT2D eigenvalue weighted by atomic mass is 16.5. The minimum atomic E-state index is -0.441. The number of nitrogens with one attached hydrogen (secondary N) is 1. The van der Waals surface area contributed by atoms with Gasteiger partial charge < -0.3 is 24.5 Å². The van der Waals surface area contributed by atoms with Crippen LogP contribution in [0.15, 0.2) is 0 Å². The molecule has 1 aromatic rings. The van der Waals surface area contributed by atoms with Gasteiger partial charge in [0.05, 0.1) is 30.9 Å². The summed E-state index contributed by atoms with van der Waals surface area (Å²) >= 11 is 0. The van der Waals surface area contributed by atoms with Gasteiger partial charge in [-0.3, -0.25) is 4.79 Å². The fourth-order valence-electron chi connectivity index (χ4n) is 4.07. The van der Waals surface area contributed by atoms with Crippen LogP contribution in [0.1, 0.15) is 51.9 Å². The van der Waals surface area contributed by atoms with Crippen LogP contribution < -0.4 is 0 Å². The molecule has 0 aromatic carbocycles. The number of morpholine rings is 1. The zero-order valence-corrected chi connectivity index (χ0v) is 15.0. The first-order chi connectivity index (χ1) is 12.0. The van der Waals surface area contributed by atoms with Crippen LogP contribution in [0.25, 0.3) is 0 Å². The molecule has 3 rings (SSSR count). The SMILES string of the molecule is CCOC(=O)c1[nH]c(C)c(C(=O)N2CCOC3C[C@H](CO)C[C@@H]32)c1C. The molecule has 0 radical (unpaired) electrons. The lowest BCUT2D eigenvalue weighted by Gasteiger charge is -2.37. The molecule has 1 saturated heterocycles. The topological polar surface area (TPSA) is 91.9 Å². The monoisotopic (exact) mass is 350 g/mol. The molecule has 1 amide bonds. The fourth-order valence-corrected chi connectivity index (χ4v) is 4.07. The lowest BCUT2D eigenvalue weighted by Crippen LogP contribution is -2.51. The quantitative estimate of drug-likeness (QED) is 0.802. The Morgan fingerprint density at radius 1 is 1.36 bits per heavy atom. The Balaban J connectivity index is 1.87. The molecule has 7 nitrogen and oxygen atoms in total. The summed E-state index contributed by atoms with van der Waals surface area (Å²) in [5.74, 6) is -0.353. The summed E-state index contributed by atoms with van der Waals surface area (Å²) in [4.78, 5) is 30.1. The number of hydrogen-bond acceptors (Lipinski definition) is 5. The summed E-state index contributed by atoms with van der Waals surface area (Å²) in [5.41, 5.74) is 2.18. The van der Waals surface area contributed by atoms with E-state index in [1.165, 1.54) is 0 Å². The molecule has 2 fully saturated rings. The maximum absolute atomic E-state index is 13.2. The van der Waals surface area contributed by atoms with Gasteiger partial charge in [-0.2, -0.15) is 0 Å². The lowest BCUT2D eigenvalue weighted by molar-refractivity contribution is -0.0449. The molecule has 0 spiro atoms. The number of amides is 1. The number of rotatable bonds is 4. The molecular weight excluding hydrogens is 324 g/mol. The van der Waals surface area contributed by atoms with E-state index in [9.17, 15) is 14.7 Å². The first kappa shape index (κ1) is 17.9. The number of aliphatic hydroxyl groups is 1. The Labute approximate surface area is 147 Å². The van der Waals surface area contributed by atoms with Crippen molar-refractivity contribution in [2.45, 2.75) is 45.8 Å². The minimum absolute atomic E-state index is 0.0149. The number of ether oxygens (including phenoxy) is 2. The number of H-pyrrole nitrogens is 1. The second kappa shape index (κ2) is 7.17. The van der Waals surface area contributed by atoms with Crippen molar-refractivity contribution in [2.24, 2.45) is 5.92 Å². The van der Waals surface area contributed by atoms with Crippen molar-refractivity contribution in [3.05, 3.63) is 22.5 Å². The number of carbonyl (C=O) groups is 2. The molecule has 2 aliphatic rings. The van der Waals surface area contributed by atoms with E-state index >= 15 is 0 Å². The molecule has 138 valence electrons. The number of aromatic nitrogens is 1. The first-order valence-corrected chi connectivity index (χ1v) is 8.87. The zero-order valence-electron chi connectivity index (χ0n) is 15.0. The van der Waals surface area contributed by atoms with Crippen LogP contribution >= 0.6 is 0 Å². The highest BCUT2D eigenvalue weighted by molar-refractivity contribution is 6.01. The van der Waals surface area contributed by atoms with Gasteiger partial charge in [0.1, 0.15) is 5.69 Å². The number of aromatic amines is 1. The molecule has 3 atom stereocenters. The van der Waals surface area contributed by atoms with Gasteiger partial charge in [-0.25, -0.2) is 4.79 Å². The van der Waals surface area contributed by atoms with E-state index in [0.29, 0.717) is 35.7 Å². The van der Waals surface area contributed by atoms with Crippen LogP contribution in [-0.2, 0) is 9.47 Å². The van der Waals surface area contributed by atoms with Crippen LogP contribution in [0.5, 0.6) is 0 Å². The Morgan fingerprint density at radius 2 is 2.12 bits per heavy atom. The smallest absolute Gasteiger partial charge is 0.355 e. The normalized spacial score (nSPS) is 25.8. The van der Waals surface area contributed by atoms with E-state index in [4.69, 9.17) is 9.47 Å². The van der Waals surface area contributed by atoms with Gasteiger partial charge >= 0.3 is 5.97 Å². The molecule has 25 heavy (non-hydrogen) atoms. The first-order valence-electron chi connectivity index (χ1n) is 8.87. The Kier molecular flexibility index (Phi) is 5.15. The third kappa shape index (κ3) is 3.18. The molecule has 1 aliphatic heterocycles. The maximum atomic E-state index is 13.2. The predicted molar refractivity (Wildman–Crippen MR) is 90.6 cm³/mol. The lowest BCUT2D eigenvalue weighted by atomic mass is 10.0. The summed E-state index contributed by atoms with van der Waals surface area (Å²) in [6.07, 6.45) is 1.52. The molecule has 2 N–H and O–H groups in total. The molecule has 1 aliphatic carbocycles. The largest absolute Gasteiger partial charge is 0.461 e. The van der Waals surface area contributed by atoms with Gasteiger partial charge in [0.2, 0.25) is 0 Å². The van der Waals surface area contributed by atoms with E-state index < -0.39 is 5.97 Å². The summed E-state index contributed by atoms with van der Waals surface area (Å²) < 4.78 is 10.9. The van der Waals surface area contributed by atoms with E-state index in [2.05, 4.69) is 4.98 Å². The number of carbonyl (C=O) groups excluding carboxylic acids is 2. The standard InChI is InChI=1S/C18H26N2O5/c1-4-24-18(23)16-10(2)15(11(3)19-16)17(22)20-5-6-25-14-8-12(9-21)7-13(14)20/h12-14,19,21H,4-9H2,1-3H3/t12-,13+,14?/m1/s1. The van der Waals surface area contributed by atoms with E-state index in [1.54, 1.807) is 20.8 Å². The van der Waals surface area contributed by atoms with Crippen molar-refractivity contribution >= 4 is 11.9 Å². The van der Waals surface area contributed by atoms with Gasteiger partial charge in [0.25, 0.3) is 5.91 Å². The number of esters is 1. The van der Waals surface area contributed by atoms with Crippen LogP contribution in [0, 0.1) is 19.8 Å². The Bertz CT molecular complexity index is 669. The highest BCUT2D eigenvalue weighted by Crippen LogP contribution is 2.35. The summed E-state index contributed by atoms with van der Waals surface area (Å²) in [7, 11) is 0. The Morgan fingerprint density at radius 3 is 2.80 bits per heavy atom. The number of aryl methyl sites for hydroxylation is 1. The summed E-state index contributed by atoms with van der Waals surface area (Å²) in [5, 5.41) is 9.44. The van der Waals surface area contributed by atoms with Crippen LogP contribution in [-0.4, -0.2) is 65.4 Å². The zero-order chi connectivity index (χ0) is 18.1. The van der Waals surface area contributed by atoms with Crippen molar-refractivity contribution in [1.29, 1.82) is 0 Å². The van der Waals surface area contributed by atoms with Crippen molar-refractivity contribution in [3.63, 3.8) is 0 Å². The molecule has 0 bridgehead atoms. The van der Waals surface area contributed by atoms with Gasteiger partial charge in [-0.15, -0.1) is 0 Å². The fraction of sp³-hybridized carbons (Fsp3) is 0.667. The molecule has 2 heterocycles. The number of hydrogen-bond donors (Lipinski definition) is 2. The molecule has 1 aromatic heterocycles. The van der Waals surface area contributed by atoms with Crippen molar-refractivity contribution in [2.75, 3.05) is 26.4 Å². The van der Waals surface area contributed by atoms with E-state index in [-0.39, 0.29) is 37.2 Å². The van der Waals surface area contributed by atoms with E-state index in [1.807, 2.05) is 4.90 Å². The summed E-state index contributed by atoms with van der Waals surface area (Å²) in [6.45, 7) is 6.75. The van der Waals surface area contributed by atoms with Gasteiger partial charge in [0, 0.05) is 18.8 Å². The highest BCUT2D eigenvalue weighted by Gasteiger charge is 2.43. The van der Waals surface area contributed by atoms with Crippen LogP contribution in [0.3, 0.4) is 0 Å². The van der Waals surface area contributed by atoms with E-state index in [0.717, 1.165) is 12.8 Å². The third-order valence-corrected chi connectivity index (χ3v) is 5.28. The number of aliphatic hydroxyl groups excluding tert-OH is 1. The average Bonchev–Trinajstić information content (AvgIpc) is 3.14. The Hall–Kier alpha value is -1.86. The molecule has 1 unspecified atom stereocenters. The van der Waals surface area contributed by atoms with Gasteiger partial charge in [0.15, 0.2) is 0 Å². The van der Waals surface area contributed by atoms with Crippen molar-refractivity contribution < 1.29 is 24.2 Å². The second-order valence-corrected chi connectivity index (χ2v) is 6.84.